The van der Waals surface area contributed by atoms with Crippen molar-refractivity contribution in [2.45, 2.75) is 38.7 Å². The van der Waals surface area contributed by atoms with Gasteiger partial charge in [0.2, 0.25) is 0 Å². The summed E-state index contributed by atoms with van der Waals surface area (Å²) in [5, 5.41) is 4.67. The molecule has 0 aromatic heterocycles. The van der Waals surface area contributed by atoms with Gasteiger partial charge in [-0.2, -0.15) is 0 Å². The van der Waals surface area contributed by atoms with Gasteiger partial charge in [-0.15, -0.1) is 0 Å². The Hall–Kier alpha value is 0.400. The minimum Gasteiger partial charge on any atom is -0.378 e. The number of unbranched alkanes of at least 4 members (excludes halogenated alkanes) is 1. The van der Waals surface area contributed by atoms with Crippen LogP contribution in [0.3, 0.4) is 0 Å². The van der Waals surface area contributed by atoms with E-state index in [1.54, 1.807) is 0 Å². The van der Waals surface area contributed by atoms with Crippen molar-refractivity contribution in [3.63, 3.8) is 0 Å². The minimum absolute atomic E-state index is 0.508. The molecule has 2 aliphatic heterocycles. The van der Waals surface area contributed by atoms with E-state index in [1.807, 2.05) is 0 Å². The summed E-state index contributed by atoms with van der Waals surface area (Å²) < 4.78 is 6.06. The van der Waals surface area contributed by atoms with Crippen molar-refractivity contribution in [1.82, 2.24) is 5.32 Å². The first-order chi connectivity index (χ1) is 7.83. The molecule has 0 aliphatic carbocycles. The van der Waals surface area contributed by atoms with Crippen LogP contribution in [0.25, 0.3) is 0 Å². The largest absolute Gasteiger partial charge is 0.378 e. The fraction of sp³-hybridized carbons (Fsp3) is 1.00. The number of hydrogen-bond acceptors (Lipinski definition) is 2. The molecule has 4 unspecified atom stereocenters. The van der Waals surface area contributed by atoms with E-state index in [0.29, 0.717) is 6.10 Å². The highest BCUT2D eigenvalue weighted by Crippen LogP contribution is 2.35. The molecule has 0 saturated carbocycles. The molecule has 2 saturated heterocycles. The van der Waals surface area contributed by atoms with Crippen LogP contribution in [0.5, 0.6) is 0 Å². The van der Waals surface area contributed by atoms with Crippen LogP contribution < -0.4 is 5.32 Å². The van der Waals surface area contributed by atoms with Gasteiger partial charge < -0.3 is 10.1 Å². The lowest BCUT2D eigenvalue weighted by Crippen LogP contribution is -2.29. The van der Waals surface area contributed by atoms with Crippen molar-refractivity contribution in [2.24, 2.45) is 17.8 Å². The normalized spacial score (nSPS) is 39.4. The van der Waals surface area contributed by atoms with Gasteiger partial charge in [-0.3, -0.25) is 0 Å². The second-order valence-electron chi connectivity index (χ2n) is 5.32. The lowest BCUT2D eigenvalue weighted by atomic mass is 9.80. The molecule has 2 fully saturated rings. The van der Waals surface area contributed by atoms with Gasteiger partial charge in [-0.05, 0) is 50.1 Å². The summed E-state index contributed by atoms with van der Waals surface area (Å²) in [4.78, 5) is 0. The molecule has 94 valence electrons. The van der Waals surface area contributed by atoms with Crippen molar-refractivity contribution >= 4 is 15.9 Å². The summed E-state index contributed by atoms with van der Waals surface area (Å²) in [7, 11) is 0. The molecule has 1 N–H and O–H groups in total. The minimum atomic E-state index is 0.508. The fourth-order valence-corrected chi connectivity index (χ4v) is 3.67. The van der Waals surface area contributed by atoms with Crippen LogP contribution >= 0.6 is 15.9 Å². The topological polar surface area (TPSA) is 21.3 Å². The van der Waals surface area contributed by atoms with Crippen molar-refractivity contribution in [2.75, 3.05) is 25.0 Å². The highest BCUT2D eigenvalue weighted by molar-refractivity contribution is 9.09. The summed E-state index contributed by atoms with van der Waals surface area (Å²) >= 11 is 3.50. The van der Waals surface area contributed by atoms with Gasteiger partial charge >= 0.3 is 0 Å². The summed E-state index contributed by atoms with van der Waals surface area (Å²) in [6, 6.07) is 0. The van der Waals surface area contributed by atoms with Crippen molar-refractivity contribution < 1.29 is 4.74 Å². The zero-order valence-corrected chi connectivity index (χ0v) is 11.8. The Kier molecular flexibility index (Phi) is 5.11. The maximum Gasteiger partial charge on any atom is 0.0603 e. The zero-order chi connectivity index (χ0) is 11.4. The highest BCUT2D eigenvalue weighted by Gasteiger charge is 2.37. The smallest absolute Gasteiger partial charge is 0.0603 e. The molecule has 0 aromatic rings. The van der Waals surface area contributed by atoms with Crippen LogP contribution in [-0.4, -0.2) is 31.1 Å². The number of ether oxygens (including phenoxy) is 1. The third-order valence-electron chi connectivity index (χ3n) is 4.35. The molecule has 0 radical (unpaired) electrons. The molecule has 2 rings (SSSR count). The number of alkyl halides is 1. The van der Waals surface area contributed by atoms with Crippen LogP contribution in [0, 0.1) is 17.8 Å². The first-order valence-electron chi connectivity index (χ1n) is 6.71. The molecule has 16 heavy (non-hydrogen) atoms. The van der Waals surface area contributed by atoms with Gasteiger partial charge in [-0.25, -0.2) is 0 Å². The van der Waals surface area contributed by atoms with Crippen molar-refractivity contribution in [3.8, 4) is 0 Å². The summed E-state index contributed by atoms with van der Waals surface area (Å²) in [6.07, 6.45) is 5.59. The fourth-order valence-electron chi connectivity index (χ4n) is 3.27. The molecule has 0 spiro atoms. The van der Waals surface area contributed by atoms with Crippen LogP contribution in [0.1, 0.15) is 32.6 Å². The summed E-state index contributed by atoms with van der Waals surface area (Å²) in [6.45, 7) is 5.80. The van der Waals surface area contributed by atoms with Crippen LogP contribution in [-0.2, 0) is 4.74 Å². The number of hydrogen-bond donors (Lipinski definition) is 1. The molecule has 2 heterocycles. The van der Waals surface area contributed by atoms with Crippen LogP contribution in [0.2, 0.25) is 0 Å². The van der Waals surface area contributed by atoms with E-state index >= 15 is 0 Å². The molecule has 0 bridgehead atoms. The number of nitrogens with one attached hydrogen (secondary N) is 1. The van der Waals surface area contributed by atoms with E-state index in [0.717, 1.165) is 29.7 Å². The molecule has 3 heteroatoms. The molecule has 4 atom stereocenters. The number of halogens is 1. The maximum absolute atomic E-state index is 6.06. The Morgan fingerprint density at radius 2 is 2.19 bits per heavy atom. The van der Waals surface area contributed by atoms with Crippen LogP contribution in [0.4, 0.5) is 0 Å². The van der Waals surface area contributed by atoms with Crippen molar-refractivity contribution in [3.05, 3.63) is 0 Å². The third-order valence-corrected chi connectivity index (χ3v) is 4.91. The summed E-state index contributed by atoms with van der Waals surface area (Å²) in [5.74, 6) is 2.46. The first kappa shape index (κ1) is 12.8. The van der Waals surface area contributed by atoms with Gasteiger partial charge in [0.05, 0.1) is 6.10 Å². The monoisotopic (exact) mass is 289 g/mol. The first-order valence-corrected chi connectivity index (χ1v) is 7.83. The van der Waals surface area contributed by atoms with E-state index in [-0.39, 0.29) is 0 Å². The van der Waals surface area contributed by atoms with E-state index in [9.17, 15) is 0 Å². The predicted octanol–water partition coefficient (Wildman–Crippen LogP) is 2.81. The molecular weight excluding hydrogens is 266 g/mol. The second kappa shape index (κ2) is 6.36. The molecule has 0 amide bonds. The highest BCUT2D eigenvalue weighted by atomic mass is 79.9. The number of fused-ring (bicyclic) bond motifs is 1. The van der Waals surface area contributed by atoms with Gasteiger partial charge in [0.25, 0.3) is 0 Å². The van der Waals surface area contributed by atoms with Crippen molar-refractivity contribution in [1.29, 1.82) is 0 Å². The predicted molar refractivity (Wildman–Crippen MR) is 71.0 cm³/mol. The Bertz CT molecular complexity index is 212. The zero-order valence-electron chi connectivity index (χ0n) is 10.3. The van der Waals surface area contributed by atoms with E-state index in [2.05, 4.69) is 28.2 Å². The average molecular weight is 290 g/mol. The van der Waals surface area contributed by atoms with E-state index < -0.39 is 0 Å². The maximum atomic E-state index is 6.06. The standard InChI is InChI=1S/C13H24BrNO/c1-10-12-9-15-8-11(12)5-7-16-13(10)4-2-3-6-14/h10-13,15H,2-9H2,1H3. The molecule has 2 aliphatic rings. The molecular formula is C13H24BrNO. The van der Waals surface area contributed by atoms with E-state index in [1.165, 1.54) is 38.8 Å². The van der Waals surface area contributed by atoms with Gasteiger partial charge in [0.1, 0.15) is 0 Å². The molecule has 0 aromatic carbocycles. The van der Waals surface area contributed by atoms with Gasteiger partial charge in [0, 0.05) is 11.9 Å². The Morgan fingerprint density at radius 3 is 3.00 bits per heavy atom. The second-order valence-corrected chi connectivity index (χ2v) is 6.12. The molecule has 2 nitrogen and oxygen atoms in total. The van der Waals surface area contributed by atoms with Crippen LogP contribution in [0.15, 0.2) is 0 Å². The third kappa shape index (κ3) is 2.99. The lowest BCUT2D eigenvalue weighted by molar-refractivity contribution is 0.0139. The van der Waals surface area contributed by atoms with E-state index in [4.69, 9.17) is 4.74 Å². The SMILES string of the molecule is CC1C(CCCCBr)OCCC2CNCC21. The lowest BCUT2D eigenvalue weighted by Gasteiger charge is -2.27. The Morgan fingerprint density at radius 1 is 1.31 bits per heavy atom. The number of rotatable bonds is 4. The van der Waals surface area contributed by atoms with Gasteiger partial charge in [-0.1, -0.05) is 29.3 Å². The average Bonchev–Trinajstić information content (AvgIpc) is 2.69. The van der Waals surface area contributed by atoms with Gasteiger partial charge in [0.15, 0.2) is 0 Å². The quantitative estimate of drug-likeness (QED) is 0.635. The Balaban J connectivity index is 1.87. The Labute approximate surface area is 108 Å². The summed E-state index contributed by atoms with van der Waals surface area (Å²) in [5.41, 5.74) is 0.